The summed E-state index contributed by atoms with van der Waals surface area (Å²) in [5, 5.41) is 1.15. The zero-order valence-corrected chi connectivity index (χ0v) is 5.49. The van der Waals surface area contributed by atoms with Crippen LogP contribution in [0.4, 0.5) is 0 Å². The summed E-state index contributed by atoms with van der Waals surface area (Å²) in [6.45, 7) is 0. The Morgan fingerprint density at radius 2 is 2.57 bits per heavy atom. The Hall–Kier alpha value is 0.0644. The minimum atomic E-state index is 1.15. The summed E-state index contributed by atoms with van der Waals surface area (Å²) in [6.07, 6.45) is 7.65. The van der Waals surface area contributed by atoms with Gasteiger partial charge in [0.05, 0.1) is 0 Å². The third-order valence-corrected chi connectivity index (χ3v) is 1.69. The molecule has 0 nitrogen and oxygen atoms in total. The quantitative estimate of drug-likeness (QED) is 0.508. The summed E-state index contributed by atoms with van der Waals surface area (Å²) in [6, 6.07) is 0. The van der Waals surface area contributed by atoms with Crippen molar-refractivity contribution in [1.29, 1.82) is 0 Å². The van der Waals surface area contributed by atoms with Gasteiger partial charge in [-0.2, -0.15) is 0 Å². The van der Waals surface area contributed by atoms with E-state index in [-0.39, 0.29) is 0 Å². The van der Waals surface area contributed by atoms with Crippen LogP contribution in [0.25, 0.3) is 0 Å². The third kappa shape index (κ3) is 1.22. The molecule has 0 aliphatic heterocycles. The molecule has 0 aromatic heterocycles. The molecule has 7 heavy (non-hydrogen) atoms. The second-order valence-electron chi connectivity index (χ2n) is 1.62. The molecule has 0 aromatic rings. The number of allylic oxidation sites excluding steroid dienone is 4. The number of hydrogen-bond acceptors (Lipinski definition) is 0. The molecule has 0 saturated heterocycles. The third-order valence-electron chi connectivity index (χ3n) is 1.05. The van der Waals surface area contributed by atoms with Gasteiger partial charge >= 0.3 is 52.8 Å². The van der Waals surface area contributed by atoms with Crippen LogP contribution in [-0.2, 0) is 17.4 Å². The Morgan fingerprint density at radius 1 is 1.71 bits per heavy atom. The zero-order chi connectivity index (χ0) is 5.11. The first-order chi connectivity index (χ1) is 3.43. The van der Waals surface area contributed by atoms with E-state index in [0.717, 1.165) is 5.13 Å². The van der Waals surface area contributed by atoms with Gasteiger partial charge in [-0.25, -0.2) is 0 Å². The standard InChI is InChI=1S/C6H7.V/c1-6-4-2-3-5-6;/h2-4H,1,5H2;. The fourth-order valence-electron chi connectivity index (χ4n) is 0.609. The maximum absolute atomic E-state index is 2.58. The van der Waals surface area contributed by atoms with Crippen LogP contribution in [-0.4, -0.2) is 0 Å². The van der Waals surface area contributed by atoms with Gasteiger partial charge < -0.3 is 0 Å². The van der Waals surface area contributed by atoms with Gasteiger partial charge in [0.15, 0.2) is 0 Å². The van der Waals surface area contributed by atoms with Gasteiger partial charge in [0.1, 0.15) is 0 Å². The first-order valence-corrected chi connectivity index (χ1v) is 3.37. The van der Waals surface area contributed by atoms with Gasteiger partial charge in [0.2, 0.25) is 0 Å². The van der Waals surface area contributed by atoms with Crippen LogP contribution in [0.3, 0.4) is 0 Å². The van der Waals surface area contributed by atoms with Crippen LogP contribution in [0.5, 0.6) is 0 Å². The minimum absolute atomic E-state index is 1.15. The van der Waals surface area contributed by atoms with Gasteiger partial charge in [-0.15, -0.1) is 0 Å². The second kappa shape index (κ2) is 2.39. The van der Waals surface area contributed by atoms with Crippen LogP contribution >= 0.6 is 0 Å². The van der Waals surface area contributed by atoms with Crippen LogP contribution < -0.4 is 0 Å². The van der Waals surface area contributed by atoms with Crippen LogP contribution in [0.15, 0.2) is 23.8 Å². The predicted octanol–water partition coefficient (Wildman–Crippen LogP) is 1.84. The maximum atomic E-state index is 2.58. The molecule has 1 rings (SSSR count). The van der Waals surface area contributed by atoms with Crippen molar-refractivity contribution in [2.75, 3.05) is 0 Å². The molecule has 0 fully saturated rings. The molecule has 0 radical (unpaired) electrons. The van der Waals surface area contributed by atoms with Gasteiger partial charge in [-0.1, -0.05) is 0 Å². The Bertz CT molecular complexity index is 111. The monoisotopic (exact) mass is 130 g/mol. The van der Waals surface area contributed by atoms with Gasteiger partial charge in [0, 0.05) is 0 Å². The van der Waals surface area contributed by atoms with E-state index in [1.54, 1.807) is 0 Å². The van der Waals surface area contributed by atoms with Crippen LogP contribution in [0.2, 0.25) is 5.13 Å². The summed E-state index contributed by atoms with van der Waals surface area (Å²) in [7, 11) is 0. The molecule has 36 valence electrons. The van der Waals surface area contributed by atoms with E-state index in [1.165, 1.54) is 12.0 Å². The number of rotatable bonds is 1. The van der Waals surface area contributed by atoms with Gasteiger partial charge in [-0.3, -0.25) is 0 Å². The van der Waals surface area contributed by atoms with E-state index >= 15 is 0 Å². The molecule has 0 bridgehead atoms. The van der Waals surface area contributed by atoms with Crippen molar-refractivity contribution in [2.45, 2.75) is 11.6 Å². The molecule has 0 unspecified atom stereocenters. The SMILES string of the molecule is [V][CH2]C1=CC=CC1. The molecule has 0 aromatic carbocycles. The summed E-state index contributed by atoms with van der Waals surface area (Å²) >= 11 is 2.58. The molecule has 1 aliphatic carbocycles. The summed E-state index contributed by atoms with van der Waals surface area (Å²) in [5.41, 5.74) is 1.53. The Morgan fingerprint density at radius 3 is 2.86 bits per heavy atom. The Balaban J connectivity index is 2.45. The summed E-state index contributed by atoms with van der Waals surface area (Å²) < 4.78 is 0. The molecular formula is C6H7V. The summed E-state index contributed by atoms with van der Waals surface area (Å²) in [4.78, 5) is 0. The van der Waals surface area contributed by atoms with Crippen molar-refractivity contribution in [3.63, 3.8) is 0 Å². The molecule has 0 atom stereocenters. The molecular weight excluding hydrogens is 123 g/mol. The molecule has 1 heteroatoms. The van der Waals surface area contributed by atoms with Crippen molar-refractivity contribution in [2.24, 2.45) is 0 Å². The zero-order valence-electron chi connectivity index (χ0n) is 4.09. The van der Waals surface area contributed by atoms with Crippen molar-refractivity contribution in [3.8, 4) is 0 Å². The molecule has 0 spiro atoms. The first-order valence-electron chi connectivity index (χ1n) is 2.39. The van der Waals surface area contributed by atoms with Crippen molar-refractivity contribution in [3.05, 3.63) is 23.8 Å². The molecule has 0 saturated carbocycles. The van der Waals surface area contributed by atoms with E-state index in [9.17, 15) is 0 Å². The van der Waals surface area contributed by atoms with Crippen molar-refractivity contribution >= 4 is 0 Å². The first kappa shape index (κ1) is 5.21. The van der Waals surface area contributed by atoms with E-state index in [4.69, 9.17) is 0 Å². The van der Waals surface area contributed by atoms with Gasteiger partial charge in [0.25, 0.3) is 0 Å². The van der Waals surface area contributed by atoms with E-state index in [2.05, 4.69) is 35.7 Å². The number of hydrogen-bond donors (Lipinski definition) is 0. The average molecular weight is 130 g/mol. The van der Waals surface area contributed by atoms with Crippen molar-refractivity contribution in [1.82, 2.24) is 0 Å². The summed E-state index contributed by atoms with van der Waals surface area (Å²) in [5.74, 6) is 0. The topological polar surface area (TPSA) is 0 Å². The van der Waals surface area contributed by atoms with Crippen LogP contribution in [0.1, 0.15) is 6.42 Å². The fraction of sp³-hybridized carbons (Fsp3) is 0.333. The predicted molar refractivity (Wildman–Crippen MR) is 26.6 cm³/mol. The van der Waals surface area contributed by atoms with E-state index in [0.29, 0.717) is 0 Å². The molecule has 0 heterocycles. The molecule has 0 N–H and O–H groups in total. The molecule has 1 aliphatic rings. The van der Waals surface area contributed by atoms with Gasteiger partial charge in [-0.05, 0) is 0 Å². The fourth-order valence-corrected chi connectivity index (χ4v) is 0.975. The van der Waals surface area contributed by atoms with Crippen LogP contribution in [0, 0.1) is 0 Å². The normalized spacial score (nSPS) is 17.4. The Labute approximate surface area is 53.3 Å². The second-order valence-corrected chi connectivity index (χ2v) is 2.11. The van der Waals surface area contributed by atoms with E-state index < -0.39 is 0 Å². The Kier molecular flexibility index (Phi) is 1.78. The van der Waals surface area contributed by atoms with E-state index in [1.807, 2.05) is 0 Å². The average Bonchev–Trinajstić information content (AvgIpc) is 2.14. The molecule has 0 amide bonds. The van der Waals surface area contributed by atoms with Crippen molar-refractivity contribution < 1.29 is 17.4 Å².